The first-order valence-electron chi connectivity index (χ1n) is 14.8. The molecular weight excluding hydrogens is 629 g/mol. The van der Waals surface area contributed by atoms with Crippen molar-refractivity contribution < 1.29 is 18.7 Å². The molecule has 16 heteroatoms. The number of hydrogen-bond acceptors (Lipinski definition) is 9. The maximum atomic E-state index is 14.9. The number of carbonyl (C=O) groups is 2. The highest BCUT2D eigenvalue weighted by atomic mass is 35.5. The van der Waals surface area contributed by atoms with Crippen LogP contribution in [-0.4, -0.2) is 70.6 Å². The topological polar surface area (TPSA) is 224 Å². The van der Waals surface area contributed by atoms with Crippen LogP contribution in [0, 0.1) is 11.2 Å². The van der Waals surface area contributed by atoms with Gasteiger partial charge in [0.1, 0.15) is 6.61 Å². The van der Waals surface area contributed by atoms with E-state index in [1.54, 1.807) is 41.2 Å². The highest BCUT2D eigenvalue weighted by Gasteiger charge is 2.19. The number of ether oxygens (including phenoxy) is 1. The lowest BCUT2D eigenvalue weighted by atomic mass is 10.0. The molecule has 14 nitrogen and oxygen atoms in total. The molecule has 4 rings (SSSR count). The minimum absolute atomic E-state index is 0.00794. The van der Waals surface area contributed by atoms with Crippen LogP contribution in [0.5, 0.6) is 5.75 Å². The van der Waals surface area contributed by atoms with Gasteiger partial charge in [0.25, 0.3) is 5.91 Å². The van der Waals surface area contributed by atoms with Gasteiger partial charge in [0.2, 0.25) is 5.91 Å². The molecule has 10 N–H and O–H groups in total. The first-order valence-corrected chi connectivity index (χ1v) is 15.2. The van der Waals surface area contributed by atoms with Gasteiger partial charge in [-0.1, -0.05) is 18.5 Å². The van der Waals surface area contributed by atoms with Gasteiger partial charge in [0.05, 0.1) is 23.0 Å². The highest BCUT2D eigenvalue weighted by Crippen LogP contribution is 2.36. The third-order valence-corrected chi connectivity index (χ3v) is 7.45. The molecule has 0 unspecified atom stereocenters. The molecule has 2 aromatic heterocycles. The monoisotopic (exact) mass is 665 g/mol. The molecule has 0 saturated carbocycles. The number of aryl methyl sites for hydroxylation is 1. The summed E-state index contributed by atoms with van der Waals surface area (Å²) in [4.78, 5) is 38.0. The molecule has 0 aliphatic carbocycles. The Hall–Kier alpha value is -5.28. The number of benzene rings is 2. The molecule has 0 saturated heterocycles. The van der Waals surface area contributed by atoms with Crippen LogP contribution in [0.25, 0.3) is 16.9 Å². The van der Waals surface area contributed by atoms with Crippen molar-refractivity contribution in [2.75, 3.05) is 31.6 Å². The fraction of sp³-hybridized carbons (Fsp3) is 0.290. The molecule has 0 radical (unpaired) electrons. The zero-order valence-electron chi connectivity index (χ0n) is 25.7. The molecule has 2 amide bonds. The summed E-state index contributed by atoms with van der Waals surface area (Å²) in [5, 5.41) is 15.8. The number of aliphatic imine (C=N–C) groups is 1. The van der Waals surface area contributed by atoms with Crippen LogP contribution in [-0.2, 0) is 11.2 Å². The predicted molar refractivity (Wildman–Crippen MR) is 180 cm³/mol. The lowest BCUT2D eigenvalue weighted by Gasteiger charge is -2.14. The number of guanidine groups is 1. The zero-order chi connectivity index (χ0) is 33.9. The average molecular weight is 666 g/mol. The van der Waals surface area contributed by atoms with Crippen LogP contribution in [0.4, 0.5) is 15.9 Å². The van der Waals surface area contributed by atoms with Gasteiger partial charge < -0.3 is 43.3 Å². The third kappa shape index (κ3) is 8.71. The second-order valence-electron chi connectivity index (χ2n) is 10.3. The summed E-state index contributed by atoms with van der Waals surface area (Å²) in [7, 11) is 0. The van der Waals surface area contributed by atoms with Crippen molar-refractivity contribution in [3.8, 4) is 17.0 Å². The number of nitrogens with two attached hydrogens (primary N) is 3. The standard InChI is InChI=1S/C31H37ClFN11O3/c1-2-18-16-19(5-6-20(18)29(45)39-11-12-40-30(46)22(35)4-3-10-41-31(36)37)43-27-28-42-17-23(44(28)14-13-38-27)21-7-8-24(47-15-9-34)26(33)25(21)32/h5-9,13-14,16-17,22,34H,2-4,10-12,15,35H2,1H3,(H,38,43)(H,39,45)(H,40,46)(H4,36,37,41)/t22-/m1/s1. The largest absolute Gasteiger partial charge is 0.485 e. The van der Waals surface area contributed by atoms with Crippen molar-refractivity contribution in [3.05, 3.63) is 70.9 Å². The summed E-state index contributed by atoms with van der Waals surface area (Å²) < 4.78 is 21.8. The van der Waals surface area contributed by atoms with Crippen LogP contribution < -0.4 is 37.9 Å². The van der Waals surface area contributed by atoms with Crippen molar-refractivity contribution in [3.63, 3.8) is 0 Å². The highest BCUT2D eigenvalue weighted by molar-refractivity contribution is 6.33. The third-order valence-electron chi connectivity index (χ3n) is 7.08. The molecule has 1 atom stereocenters. The number of aromatic nitrogens is 3. The van der Waals surface area contributed by atoms with Gasteiger partial charge in [0.15, 0.2) is 29.0 Å². The molecule has 2 aromatic carbocycles. The van der Waals surface area contributed by atoms with Crippen LogP contribution >= 0.6 is 11.6 Å². The number of fused-ring (bicyclic) bond motifs is 1. The van der Waals surface area contributed by atoms with E-state index in [1.165, 1.54) is 6.07 Å². The summed E-state index contributed by atoms with van der Waals surface area (Å²) in [6.45, 7) is 2.69. The molecule has 2 heterocycles. The first kappa shape index (κ1) is 34.6. The molecule has 0 spiro atoms. The number of imidazole rings is 1. The lowest BCUT2D eigenvalue weighted by Crippen LogP contribution is -2.43. The lowest BCUT2D eigenvalue weighted by molar-refractivity contribution is -0.122. The Balaban J connectivity index is 1.39. The minimum Gasteiger partial charge on any atom is -0.485 e. The number of rotatable bonds is 16. The summed E-state index contributed by atoms with van der Waals surface area (Å²) in [5.74, 6) is -0.952. The van der Waals surface area contributed by atoms with Crippen LogP contribution in [0.15, 0.2) is 53.9 Å². The Bertz CT molecular complexity index is 1780. The molecule has 0 fully saturated rings. The van der Waals surface area contributed by atoms with E-state index in [0.717, 1.165) is 11.8 Å². The number of hydrogen-bond donors (Lipinski definition) is 7. The molecule has 0 aliphatic rings. The summed E-state index contributed by atoms with van der Waals surface area (Å²) in [6.07, 6.45) is 7.42. The van der Waals surface area contributed by atoms with Crippen molar-refractivity contribution >= 4 is 52.7 Å². The van der Waals surface area contributed by atoms with Crippen molar-refractivity contribution in [2.24, 2.45) is 22.2 Å². The predicted octanol–water partition coefficient (Wildman–Crippen LogP) is 2.75. The second-order valence-corrected chi connectivity index (χ2v) is 10.7. The van der Waals surface area contributed by atoms with Crippen molar-refractivity contribution in [1.29, 1.82) is 5.41 Å². The van der Waals surface area contributed by atoms with E-state index in [0.29, 0.717) is 59.8 Å². The quantitative estimate of drug-likeness (QED) is 0.0530. The van der Waals surface area contributed by atoms with Gasteiger partial charge in [-0.05, 0) is 55.2 Å². The van der Waals surface area contributed by atoms with Crippen LogP contribution in [0.1, 0.15) is 35.7 Å². The Morgan fingerprint density at radius 1 is 1.19 bits per heavy atom. The Morgan fingerprint density at radius 2 is 1.98 bits per heavy atom. The summed E-state index contributed by atoms with van der Waals surface area (Å²) in [5.41, 5.74) is 19.9. The smallest absolute Gasteiger partial charge is 0.251 e. The summed E-state index contributed by atoms with van der Waals surface area (Å²) >= 11 is 6.36. The molecule has 0 aliphatic heterocycles. The van der Waals surface area contributed by atoms with Crippen molar-refractivity contribution in [1.82, 2.24) is 25.0 Å². The fourth-order valence-electron chi connectivity index (χ4n) is 4.74. The number of nitrogens with one attached hydrogen (secondary N) is 4. The van der Waals surface area contributed by atoms with E-state index in [2.05, 4.69) is 30.9 Å². The molecule has 248 valence electrons. The average Bonchev–Trinajstić information content (AvgIpc) is 3.50. The minimum atomic E-state index is -0.731. The number of halogens is 2. The number of nitrogens with zero attached hydrogens (tertiary/aromatic N) is 4. The van der Waals surface area contributed by atoms with E-state index in [-0.39, 0.29) is 48.2 Å². The van der Waals surface area contributed by atoms with E-state index in [4.69, 9.17) is 38.9 Å². The number of carbonyl (C=O) groups excluding carboxylic acids is 2. The van der Waals surface area contributed by atoms with E-state index in [1.807, 2.05) is 13.0 Å². The normalized spacial score (nSPS) is 11.5. The molecular formula is C31H37ClFN11O3. The van der Waals surface area contributed by atoms with Gasteiger partial charge in [-0.25, -0.2) is 14.4 Å². The Labute approximate surface area is 275 Å². The van der Waals surface area contributed by atoms with E-state index in [9.17, 15) is 14.0 Å². The van der Waals surface area contributed by atoms with Gasteiger partial charge >= 0.3 is 0 Å². The maximum absolute atomic E-state index is 14.9. The van der Waals surface area contributed by atoms with Crippen LogP contribution in [0.2, 0.25) is 5.02 Å². The SMILES string of the molecule is CCc1cc(Nc2nccn3c(-c4ccc(OCC=N)c(F)c4Cl)cnc23)ccc1C(=O)NCCNC(=O)[C@H](N)CCCN=C(N)N. The van der Waals surface area contributed by atoms with Gasteiger partial charge in [-0.3, -0.25) is 19.0 Å². The van der Waals surface area contributed by atoms with E-state index >= 15 is 0 Å². The fourth-order valence-corrected chi connectivity index (χ4v) is 4.99. The van der Waals surface area contributed by atoms with Crippen molar-refractivity contribution in [2.45, 2.75) is 32.2 Å². The van der Waals surface area contributed by atoms with E-state index < -0.39 is 11.9 Å². The molecule has 0 bridgehead atoms. The van der Waals surface area contributed by atoms with Gasteiger partial charge in [0, 0.05) is 55.1 Å². The summed E-state index contributed by atoms with van der Waals surface area (Å²) in [6, 6.07) is 7.70. The Morgan fingerprint density at radius 3 is 2.72 bits per heavy atom. The van der Waals surface area contributed by atoms with Gasteiger partial charge in [-0.2, -0.15) is 0 Å². The Kier molecular flexibility index (Phi) is 12.0. The zero-order valence-corrected chi connectivity index (χ0v) is 26.5. The number of amides is 2. The van der Waals surface area contributed by atoms with Gasteiger partial charge in [-0.15, -0.1) is 0 Å². The van der Waals surface area contributed by atoms with Crippen LogP contribution in [0.3, 0.4) is 0 Å². The maximum Gasteiger partial charge on any atom is 0.251 e. The molecule has 47 heavy (non-hydrogen) atoms. The molecule has 4 aromatic rings. The first-order chi connectivity index (χ1) is 22.6. The second kappa shape index (κ2) is 16.3. The number of anilines is 2.